The fourth-order valence-electron chi connectivity index (χ4n) is 2.58. The van der Waals surface area contributed by atoms with Crippen LogP contribution in [0.3, 0.4) is 0 Å². The number of carbonyl (C=O) groups is 1. The summed E-state index contributed by atoms with van der Waals surface area (Å²) in [7, 11) is 0. The number of nitrogens with zero attached hydrogens (tertiary/aromatic N) is 2. The van der Waals surface area contributed by atoms with Crippen molar-refractivity contribution in [1.82, 2.24) is 4.90 Å². The van der Waals surface area contributed by atoms with E-state index in [1.54, 1.807) is 0 Å². The van der Waals surface area contributed by atoms with Crippen LogP contribution in [0.25, 0.3) is 0 Å². The van der Waals surface area contributed by atoms with Gasteiger partial charge in [-0.15, -0.1) is 0 Å². The average molecular weight is 344 g/mol. The number of hydrogen-bond acceptors (Lipinski definition) is 5. The van der Waals surface area contributed by atoms with Crippen LogP contribution in [0.4, 0.5) is 0 Å². The maximum absolute atomic E-state index is 12.4. The summed E-state index contributed by atoms with van der Waals surface area (Å²) in [5.41, 5.74) is 0. The summed E-state index contributed by atoms with van der Waals surface area (Å²) < 4.78 is 26.9. The maximum Gasteiger partial charge on any atom is 0.254 e. The molecule has 0 bridgehead atoms. The summed E-state index contributed by atoms with van der Waals surface area (Å²) in [4.78, 5) is 14.3. The molecule has 2 saturated heterocycles. The SMILES string of the molecule is CC1(C)OC[C@H](C(=O)N2CCC(/C=N\[S@@+]([O-])C(C)(C)C)CC2)O1. The van der Waals surface area contributed by atoms with Gasteiger partial charge in [-0.1, -0.05) is 4.40 Å². The number of piperidine rings is 1. The normalized spacial score (nSPS) is 27.6. The summed E-state index contributed by atoms with van der Waals surface area (Å²) >= 11 is -1.21. The largest absolute Gasteiger partial charge is 0.591 e. The first-order valence-corrected chi connectivity index (χ1v) is 9.26. The van der Waals surface area contributed by atoms with Crippen LogP contribution in [0, 0.1) is 5.92 Å². The van der Waals surface area contributed by atoms with E-state index in [9.17, 15) is 9.35 Å². The van der Waals surface area contributed by atoms with Gasteiger partial charge in [0.25, 0.3) is 5.91 Å². The van der Waals surface area contributed by atoms with Crippen molar-refractivity contribution in [2.45, 2.75) is 64.1 Å². The van der Waals surface area contributed by atoms with Crippen LogP contribution in [-0.4, -0.2) is 57.9 Å². The van der Waals surface area contributed by atoms with Gasteiger partial charge in [0, 0.05) is 19.0 Å². The van der Waals surface area contributed by atoms with Crippen molar-refractivity contribution in [2.75, 3.05) is 19.7 Å². The summed E-state index contributed by atoms with van der Waals surface area (Å²) in [5.74, 6) is -0.394. The van der Waals surface area contributed by atoms with Gasteiger partial charge in [-0.2, -0.15) is 0 Å². The van der Waals surface area contributed by atoms with E-state index in [1.807, 2.05) is 45.7 Å². The smallest absolute Gasteiger partial charge is 0.254 e. The van der Waals surface area contributed by atoms with E-state index in [2.05, 4.69) is 4.40 Å². The lowest BCUT2D eigenvalue weighted by atomic mass is 9.98. The van der Waals surface area contributed by atoms with Crippen LogP contribution in [0.1, 0.15) is 47.5 Å². The van der Waals surface area contributed by atoms with E-state index in [1.165, 1.54) is 0 Å². The molecule has 1 amide bonds. The summed E-state index contributed by atoms with van der Waals surface area (Å²) in [6, 6.07) is 0. The molecule has 132 valence electrons. The van der Waals surface area contributed by atoms with Crippen LogP contribution in [0.5, 0.6) is 0 Å². The highest BCUT2D eigenvalue weighted by molar-refractivity contribution is 7.91. The van der Waals surface area contributed by atoms with Crippen molar-refractivity contribution >= 4 is 23.5 Å². The monoisotopic (exact) mass is 344 g/mol. The highest BCUT2D eigenvalue weighted by Gasteiger charge is 2.39. The van der Waals surface area contributed by atoms with Crippen molar-refractivity contribution in [3.63, 3.8) is 0 Å². The van der Waals surface area contributed by atoms with Crippen molar-refractivity contribution < 1.29 is 18.8 Å². The van der Waals surface area contributed by atoms with Crippen LogP contribution in [0.2, 0.25) is 0 Å². The third-order valence-electron chi connectivity index (χ3n) is 4.03. The molecule has 0 radical (unpaired) electrons. The van der Waals surface area contributed by atoms with Crippen molar-refractivity contribution in [3.05, 3.63) is 0 Å². The van der Waals surface area contributed by atoms with E-state index in [0.29, 0.717) is 19.7 Å². The Balaban J connectivity index is 1.80. The molecule has 0 aromatic carbocycles. The first-order chi connectivity index (χ1) is 10.6. The Labute approximate surface area is 141 Å². The highest BCUT2D eigenvalue weighted by atomic mass is 32.2. The van der Waals surface area contributed by atoms with E-state index in [0.717, 1.165) is 12.8 Å². The first kappa shape index (κ1) is 18.7. The zero-order valence-corrected chi connectivity index (χ0v) is 15.5. The minimum Gasteiger partial charge on any atom is -0.591 e. The van der Waals surface area contributed by atoms with Crippen molar-refractivity contribution in [2.24, 2.45) is 10.3 Å². The Kier molecular flexibility index (Phi) is 5.76. The molecule has 2 fully saturated rings. The number of hydrogen-bond donors (Lipinski definition) is 0. The standard InChI is InChI=1S/C16H28N2O4S/c1-15(2,3)23(20)17-10-12-6-8-18(9-7-12)14(19)13-11-21-16(4,5)22-13/h10,12-13H,6-9,11H2,1-5H3/b17-10-/t13-,23+/m1/s1. The molecule has 2 rings (SSSR count). The molecule has 23 heavy (non-hydrogen) atoms. The number of rotatable bonds is 3. The third kappa shape index (κ3) is 5.17. The van der Waals surface area contributed by atoms with E-state index in [4.69, 9.17) is 9.47 Å². The Morgan fingerprint density at radius 3 is 2.43 bits per heavy atom. The summed E-state index contributed by atoms with van der Waals surface area (Å²) in [6.45, 7) is 11.0. The second kappa shape index (κ2) is 7.09. The van der Waals surface area contributed by atoms with Gasteiger partial charge in [-0.05, 0) is 47.5 Å². The van der Waals surface area contributed by atoms with E-state index in [-0.39, 0.29) is 16.6 Å². The molecule has 0 N–H and O–H groups in total. The molecule has 2 aliphatic heterocycles. The Bertz CT molecular complexity index is 453. The molecule has 6 nitrogen and oxygen atoms in total. The minimum atomic E-state index is -1.21. The molecule has 7 heteroatoms. The number of carbonyl (C=O) groups excluding carboxylic acids is 1. The molecule has 0 unspecified atom stereocenters. The predicted octanol–water partition coefficient (Wildman–Crippen LogP) is 1.91. The predicted molar refractivity (Wildman–Crippen MR) is 90.6 cm³/mol. The number of likely N-dealkylation sites (tertiary alicyclic amines) is 1. The van der Waals surface area contributed by atoms with Gasteiger partial charge < -0.3 is 18.9 Å². The minimum absolute atomic E-state index is 0.00392. The van der Waals surface area contributed by atoms with Gasteiger partial charge in [0.15, 0.2) is 11.9 Å². The quantitative estimate of drug-likeness (QED) is 0.579. The lowest BCUT2D eigenvalue weighted by molar-refractivity contribution is -0.160. The van der Waals surface area contributed by atoms with Gasteiger partial charge in [-0.25, -0.2) is 0 Å². The van der Waals surface area contributed by atoms with Crippen LogP contribution in [0.15, 0.2) is 4.40 Å². The number of amides is 1. The maximum atomic E-state index is 12.4. The molecule has 0 saturated carbocycles. The van der Waals surface area contributed by atoms with E-state index < -0.39 is 23.3 Å². The zero-order valence-electron chi connectivity index (χ0n) is 14.7. The molecular formula is C16H28N2O4S. The van der Waals surface area contributed by atoms with Gasteiger partial charge in [0.1, 0.15) is 16.1 Å². The molecule has 0 spiro atoms. The second-order valence-corrected chi connectivity index (χ2v) is 9.53. The lowest BCUT2D eigenvalue weighted by Gasteiger charge is -2.32. The molecule has 2 aliphatic rings. The molecule has 0 aliphatic carbocycles. The van der Waals surface area contributed by atoms with E-state index >= 15 is 0 Å². The molecular weight excluding hydrogens is 316 g/mol. The molecule has 0 aromatic rings. The fourth-order valence-corrected chi connectivity index (χ4v) is 3.18. The van der Waals surface area contributed by atoms with Crippen molar-refractivity contribution in [3.8, 4) is 0 Å². The molecule has 0 aromatic heterocycles. The van der Waals surface area contributed by atoms with Gasteiger partial charge >= 0.3 is 0 Å². The summed E-state index contributed by atoms with van der Waals surface area (Å²) in [6.07, 6.45) is 2.99. The molecule has 2 heterocycles. The topological polar surface area (TPSA) is 74.2 Å². The Morgan fingerprint density at radius 2 is 1.96 bits per heavy atom. The second-order valence-electron chi connectivity index (χ2n) is 7.60. The van der Waals surface area contributed by atoms with Crippen LogP contribution in [-0.2, 0) is 25.6 Å². The Hall–Kier alpha value is -0.630. The van der Waals surface area contributed by atoms with Crippen molar-refractivity contribution in [1.29, 1.82) is 0 Å². The lowest BCUT2D eigenvalue weighted by Crippen LogP contribution is -2.45. The number of ether oxygens (including phenoxy) is 2. The average Bonchev–Trinajstić information content (AvgIpc) is 2.83. The van der Waals surface area contributed by atoms with Gasteiger partial charge in [-0.3, -0.25) is 4.79 Å². The van der Waals surface area contributed by atoms with Crippen LogP contribution < -0.4 is 0 Å². The van der Waals surface area contributed by atoms with Crippen LogP contribution >= 0.6 is 0 Å². The van der Waals surface area contributed by atoms with Gasteiger partial charge in [0.2, 0.25) is 0 Å². The van der Waals surface area contributed by atoms with Gasteiger partial charge in [0.05, 0.1) is 12.8 Å². The third-order valence-corrected chi connectivity index (χ3v) is 5.39. The fraction of sp³-hybridized carbons (Fsp3) is 0.875. The zero-order chi connectivity index (χ0) is 17.3. The summed E-state index contributed by atoms with van der Waals surface area (Å²) in [5, 5.41) is 0. The highest BCUT2D eigenvalue weighted by Crippen LogP contribution is 2.25. The first-order valence-electron chi connectivity index (χ1n) is 8.15. The Morgan fingerprint density at radius 1 is 1.35 bits per heavy atom. The molecule has 2 atom stereocenters.